The van der Waals surface area contributed by atoms with Gasteiger partial charge >= 0.3 is 0 Å². The average molecular weight is 185 g/mol. The fourth-order valence-corrected chi connectivity index (χ4v) is 2.28. The summed E-state index contributed by atoms with van der Waals surface area (Å²) in [7, 11) is 0. The number of rotatable bonds is 6. The van der Waals surface area contributed by atoms with Crippen LogP contribution in [0.5, 0.6) is 0 Å². The predicted octanol–water partition coefficient (Wildman–Crippen LogP) is 2.02. The molecule has 1 aliphatic heterocycles. The second-order valence-electron chi connectivity index (χ2n) is 4.05. The molecule has 0 aliphatic carbocycles. The standard InChI is InChI=1S/C11H23NO/c1-2-6-11-7-5-9-12(11)8-3-4-10-13/h11,13H,2-10H2,1H3. The summed E-state index contributed by atoms with van der Waals surface area (Å²) < 4.78 is 0. The first-order valence-electron chi connectivity index (χ1n) is 5.73. The number of aliphatic hydroxyl groups excluding tert-OH is 1. The van der Waals surface area contributed by atoms with Gasteiger partial charge in [-0.05, 0) is 45.2 Å². The fraction of sp³-hybridized carbons (Fsp3) is 1.00. The number of hydrogen-bond acceptors (Lipinski definition) is 2. The zero-order valence-electron chi connectivity index (χ0n) is 8.84. The van der Waals surface area contributed by atoms with E-state index in [9.17, 15) is 0 Å². The highest BCUT2D eigenvalue weighted by molar-refractivity contribution is 4.78. The van der Waals surface area contributed by atoms with Gasteiger partial charge in [0, 0.05) is 12.6 Å². The van der Waals surface area contributed by atoms with Gasteiger partial charge < -0.3 is 10.0 Å². The molecule has 0 radical (unpaired) electrons. The minimum Gasteiger partial charge on any atom is -0.396 e. The summed E-state index contributed by atoms with van der Waals surface area (Å²) in [4.78, 5) is 2.61. The summed E-state index contributed by atoms with van der Waals surface area (Å²) in [5.74, 6) is 0. The number of aliphatic hydroxyl groups is 1. The van der Waals surface area contributed by atoms with E-state index in [1.165, 1.54) is 38.8 Å². The van der Waals surface area contributed by atoms with E-state index in [4.69, 9.17) is 5.11 Å². The SMILES string of the molecule is CCCC1CCCN1CCCCO. The summed E-state index contributed by atoms with van der Waals surface area (Å²) in [6, 6.07) is 0.851. The molecule has 1 fully saturated rings. The molecule has 0 amide bonds. The van der Waals surface area contributed by atoms with Gasteiger partial charge in [-0.1, -0.05) is 13.3 Å². The van der Waals surface area contributed by atoms with Crippen LogP contribution >= 0.6 is 0 Å². The van der Waals surface area contributed by atoms with Crippen LogP contribution in [0.3, 0.4) is 0 Å². The van der Waals surface area contributed by atoms with Gasteiger partial charge in [0.2, 0.25) is 0 Å². The smallest absolute Gasteiger partial charge is 0.0431 e. The van der Waals surface area contributed by atoms with Crippen molar-refractivity contribution in [3.05, 3.63) is 0 Å². The Morgan fingerprint density at radius 2 is 2.23 bits per heavy atom. The van der Waals surface area contributed by atoms with E-state index in [1.54, 1.807) is 0 Å². The zero-order valence-corrected chi connectivity index (χ0v) is 8.84. The quantitative estimate of drug-likeness (QED) is 0.640. The van der Waals surface area contributed by atoms with Crippen LogP contribution in [0.1, 0.15) is 45.4 Å². The number of unbranched alkanes of at least 4 members (excludes halogenated alkanes) is 1. The third-order valence-corrected chi connectivity index (χ3v) is 2.97. The van der Waals surface area contributed by atoms with Crippen molar-refractivity contribution in [2.45, 2.75) is 51.5 Å². The summed E-state index contributed by atoms with van der Waals surface area (Å²) in [6.45, 7) is 5.11. The molecule has 1 unspecified atom stereocenters. The lowest BCUT2D eigenvalue weighted by Gasteiger charge is -2.23. The number of likely N-dealkylation sites (tertiary alicyclic amines) is 1. The minimum atomic E-state index is 0.353. The molecule has 2 heteroatoms. The maximum Gasteiger partial charge on any atom is 0.0431 e. The van der Waals surface area contributed by atoms with Crippen molar-refractivity contribution >= 4 is 0 Å². The Labute approximate surface area is 81.9 Å². The van der Waals surface area contributed by atoms with E-state index < -0.39 is 0 Å². The Kier molecular flexibility index (Phi) is 5.40. The summed E-state index contributed by atoms with van der Waals surface area (Å²) >= 11 is 0. The van der Waals surface area contributed by atoms with Gasteiger partial charge in [0.05, 0.1) is 0 Å². The van der Waals surface area contributed by atoms with Gasteiger partial charge in [-0.3, -0.25) is 0 Å². The fourth-order valence-electron chi connectivity index (χ4n) is 2.28. The monoisotopic (exact) mass is 185 g/mol. The van der Waals surface area contributed by atoms with Crippen molar-refractivity contribution in [1.82, 2.24) is 4.90 Å². The van der Waals surface area contributed by atoms with Crippen LogP contribution in [0.25, 0.3) is 0 Å². The van der Waals surface area contributed by atoms with Crippen LogP contribution in [0.4, 0.5) is 0 Å². The lowest BCUT2D eigenvalue weighted by molar-refractivity contribution is 0.221. The minimum absolute atomic E-state index is 0.353. The molecule has 1 N–H and O–H groups in total. The van der Waals surface area contributed by atoms with Crippen LogP contribution in [-0.2, 0) is 0 Å². The van der Waals surface area contributed by atoms with Crippen molar-refractivity contribution in [1.29, 1.82) is 0 Å². The highest BCUT2D eigenvalue weighted by Gasteiger charge is 2.22. The van der Waals surface area contributed by atoms with Gasteiger partial charge in [0.25, 0.3) is 0 Å². The molecule has 1 aliphatic rings. The molecular weight excluding hydrogens is 162 g/mol. The Morgan fingerprint density at radius 3 is 2.92 bits per heavy atom. The molecule has 1 atom stereocenters. The van der Waals surface area contributed by atoms with Crippen molar-refractivity contribution in [3.63, 3.8) is 0 Å². The molecule has 0 bridgehead atoms. The highest BCUT2D eigenvalue weighted by Crippen LogP contribution is 2.21. The normalized spacial score (nSPS) is 24.0. The molecule has 13 heavy (non-hydrogen) atoms. The third kappa shape index (κ3) is 3.65. The summed E-state index contributed by atoms with van der Waals surface area (Å²) in [5, 5.41) is 8.69. The first-order valence-corrected chi connectivity index (χ1v) is 5.73. The molecule has 0 aromatic heterocycles. The van der Waals surface area contributed by atoms with Gasteiger partial charge in [0.1, 0.15) is 0 Å². The molecule has 78 valence electrons. The third-order valence-electron chi connectivity index (χ3n) is 2.97. The molecule has 2 nitrogen and oxygen atoms in total. The van der Waals surface area contributed by atoms with Crippen molar-refractivity contribution in [3.8, 4) is 0 Å². The van der Waals surface area contributed by atoms with Crippen LogP contribution in [0.15, 0.2) is 0 Å². The molecule has 0 aromatic carbocycles. The first kappa shape index (κ1) is 11.0. The largest absolute Gasteiger partial charge is 0.396 e. The molecular formula is C11H23NO. The Hall–Kier alpha value is -0.0800. The second kappa shape index (κ2) is 6.39. The van der Waals surface area contributed by atoms with Crippen LogP contribution in [0.2, 0.25) is 0 Å². The van der Waals surface area contributed by atoms with Crippen molar-refractivity contribution in [2.24, 2.45) is 0 Å². The van der Waals surface area contributed by atoms with Crippen molar-refractivity contribution in [2.75, 3.05) is 19.7 Å². The van der Waals surface area contributed by atoms with Gasteiger partial charge in [-0.25, -0.2) is 0 Å². The molecule has 1 saturated heterocycles. The first-order chi connectivity index (χ1) is 6.38. The summed E-state index contributed by atoms with van der Waals surface area (Å²) in [6.07, 6.45) is 7.57. The van der Waals surface area contributed by atoms with E-state index in [-0.39, 0.29) is 0 Å². The molecule has 0 aromatic rings. The zero-order chi connectivity index (χ0) is 9.52. The topological polar surface area (TPSA) is 23.5 Å². The lowest BCUT2D eigenvalue weighted by Crippen LogP contribution is -2.30. The lowest BCUT2D eigenvalue weighted by atomic mass is 10.1. The Balaban J connectivity index is 2.15. The average Bonchev–Trinajstić information content (AvgIpc) is 2.54. The van der Waals surface area contributed by atoms with Gasteiger partial charge in [-0.15, -0.1) is 0 Å². The van der Waals surface area contributed by atoms with Gasteiger partial charge in [0.15, 0.2) is 0 Å². The molecule has 0 spiro atoms. The van der Waals surface area contributed by atoms with Crippen LogP contribution < -0.4 is 0 Å². The maximum atomic E-state index is 8.69. The van der Waals surface area contributed by atoms with E-state index >= 15 is 0 Å². The van der Waals surface area contributed by atoms with E-state index in [0.717, 1.165) is 18.9 Å². The Bertz CT molecular complexity index is 127. The van der Waals surface area contributed by atoms with E-state index in [2.05, 4.69) is 11.8 Å². The van der Waals surface area contributed by atoms with Gasteiger partial charge in [-0.2, -0.15) is 0 Å². The number of nitrogens with zero attached hydrogens (tertiary/aromatic N) is 1. The predicted molar refractivity (Wildman–Crippen MR) is 55.8 cm³/mol. The summed E-state index contributed by atoms with van der Waals surface area (Å²) in [5.41, 5.74) is 0. The number of hydrogen-bond donors (Lipinski definition) is 1. The molecule has 1 rings (SSSR count). The van der Waals surface area contributed by atoms with E-state index in [0.29, 0.717) is 6.61 Å². The second-order valence-corrected chi connectivity index (χ2v) is 4.05. The van der Waals surface area contributed by atoms with Crippen LogP contribution in [-0.4, -0.2) is 35.7 Å². The Morgan fingerprint density at radius 1 is 1.38 bits per heavy atom. The molecule has 1 heterocycles. The van der Waals surface area contributed by atoms with E-state index in [1.807, 2.05) is 0 Å². The maximum absolute atomic E-state index is 8.69. The van der Waals surface area contributed by atoms with Crippen molar-refractivity contribution < 1.29 is 5.11 Å². The highest BCUT2D eigenvalue weighted by atomic mass is 16.2. The van der Waals surface area contributed by atoms with Crippen LogP contribution in [0, 0.1) is 0 Å². The molecule has 0 saturated carbocycles.